The molecular formula is C23H26Br6O2. The van der Waals surface area contributed by atoms with Gasteiger partial charge >= 0.3 is 0 Å². The zero-order valence-corrected chi connectivity index (χ0v) is 27.8. The minimum Gasteiger partial charge on any atom is -0.490 e. The molecule has 0 spiro atoms. The molecule has 0 N–H and O–H groups in total. The fourth-order valence-corrected chi connectivity index (χ4v) is 5.83. The second-order valence-corrected chi connectivity index (χ2v) is 16.9. The maximum absolute atomic E-state index is 6.04. The average molecular weight is 814 g/mol. The highest BCUT2D eigenvalue weighted by atomic mass is 79.9. The van der Waals surface area contributed by atoms with Crippen molar-refractivity contribution in [1.29, 1.82) is 0 Å². The van der Waals surface area contributed by atoms with Crippen LogP contribution in [0.3, 0.4) is 0 Å². The minimum absolute atomic E-state index is 0.101. The lowest BCUT2D eigenvalue weighted by Gasteiger charge is -2.29. The Bertz CT molecular complexity index is 821. The Morgan fingerprint density at radius 1 is 0.581 bits per heavy atom. The summed E-state index contributed by atoms with van der Waals surface area (Å²) in [5, 5.41) is 0. The Kier molecular flexibility index (Phi) is 9.70. The number of benzene rings is 2. The van der Waals surface area contributed by atoms with Gasteiger partial charge in [-0.1, -0.05) is 45.7 Å². The molecule has 0 saturated carbocycles. The Labute approximate surface area is 236 Å². The van der Waals surface area contributed by atoms with Gasteiger partial charge < -0.3 is 9.47 Å². The van der Waals surface area contributed by atoms with Gasteiger partial charge in [-0.3, -0.25) is 0 Å². The van der Waals surface area contributed by atoms with E-state index in [-0.39, 0.29) is 14.1 Å². The predicted molar refractivity (Wildman–Crippen MR) is 153 cm³/mol. The molecule has 172 valence electrons. The van der Waals surface area contributed by atoms with Crippen molar-refractivity contribution in [3.63, 3.8) is 0 Å². The summed E-state index contributed by atoms with van der Waals surface area (Å²) >= 11 is 22.0. The van der Waals surface area contributed by atoms with Crippen molar-refractivity contribution in [2.75, 3.05) is 13.2 Å². The van der Waals surface area contributed by atoms with E-state index in [4.69, 9.17) is 9.47 Å². The molecule has 0 aliphatic heterocycles. The molecule has 0 heterocycles. The van der Waals surface area contributed by atoms with Crippen LogP contribution in [-0.2, 0) is 5.41 Å². The molecule has 0 saturated heterocycles. The van der Waals surface area contributed by atoms with Gasteiger partial charge in [-0.2, -0.15) is 0 Å². The van der Waals surface area contributed by atoms with Gasteiger partial charge in [-0.05, 0) is 127 Å². The zero-order chi connectivity index (χ0) is 23.8. The van der Waals surface area contributed by atoms with Crippen LogP contribution in [0.5, 0.6) is 11.5 Å². The van der Waals surface area contributed by atoms with Gasteiger partial charge in [-0.25, -0.2) is 0 Å². The number of ether oxygens (including phenoxy) is 2. The summed E-state index contributed by atoms with van der Waals surface area (Å²) in [5.41, 5.74) is 2.06. The summed E-state index contributed by atoms with van der Waals surface area (Å²) in [5.74, 6) is 1.60. The van der Waals surface area contributed by atoms with Crippen LogP contribution in [0.15, 0.2) is 42.2 Å². The summed E-state index contributed by atoms with van der Waals surface area (Å²) in [6.07, 6.45) is 0. The zero-order valence-electron chi connectivity index (χ0n) is 18.3. The maximum Gasteiger partial charge on any atom is 0.147 e. The average Bonchev–Trinajstić information content (AvgIpc) is 2.58. The van der Waals surface area contributed by atoms with Gasteiger partial charge in [0.25, 0.3) is 0 Å². The third-order valence-electron chi connectivity index (χ3n) is 4.56. The Hall–Kier alpha value is 0.920. The molecule has 0 bridgehead atoms. The lowest BCUT2D eigenvalue weighted by molar-refractivity contribution is 0.287. The predicted octanol–water partition coefficient (Wildman–Crippen LogP) is 10.2. The van der Waals surface area contributed by atoms with Crippen molar-refractivity contribution in [2.45, 2.75) is 55.6 Å². The molecule has 31 heavy (non-hydrogen) atoms. The Balaban J connectivity index is 2.38. The lowest BCUT2D eigenvalue weighted by Crippen LogP contribution is -2.22. The third-order valence-corrected chi connectivity index (χ3v) is 7.37. The van der Waals surface area contributed by atoms with E-state index >= 15 is 0 Å². The molecule has 0 aromatic heterocycles. The molecule has 0 unspecified atom stereocenters. The van der Waals surface area contributed by atoms with E-state index in [2.05, 4.69) is 161 Å². The van der Waals surface area contributed by atoms with Crippen molar-refractivity contribution in [3.05, 3.63) is 53.3 Å². The van der Waals surface area contributed by atoms with Gasteiger partial charge in [0.1, 0.15) is 24.7 Å². The molecule has 2 aromatic carbocycles. The topological polar surface area (TPSA) is 18.5 Å². The number of hydrogen-bond acceptors (Lipinski definition) is 2. The van der Waals surface area contributed by atoms with Gasteiger partial charge in [0.05, 0.1) is 26.5 Å². The van der Waals surface area contributed by atoms with E-state index in [0.29, 0.717) is 13.2 Å². The van der Waals surface area contributed by atoms with Crippen LogP contribution in [0.25, 0.3) is 0 Å². The molecule has 2 aromatic rings. The van der Waals surface area contributed by atoms with Crippen LogP contribution >= 0.6 is 95.6 Å². The molecule has 2 nitrogen and oxygen atoms in total. The first-order chi connectivity index (χ1) is 14.0. The first-order valence-electron chi connectivity index (χ1n) is 9.64. The van der Waals surface area contributed by atoms with E-state index in [0.717, 1.165) is 40.5 Å². The number of rotatable bonds is 8. The number of alkyl halides is 2. The SMILES string of the molecule is CC(C)(Br)COc1c(Br)cc(C(C)(C)c2cc(Br)c(OCC(C)(C)Br)c(Br)c2)cc1Br. The summed E-state index contributed by atoms with van der Waals surface area (Å²) in [7, 11) is 0. The smallest absolute Gasteiger partial charge is 0.147 e. The summed E-state index contributed by atoms with van der Waals surface area (Å²) in [6, 6.07) is 8.50. The monoisotopic (exact) mass is 808 g/mol. The van der Waals surface area contributed by atoms with E-state index in [1.807, 2.05) is 0 Å². The standard InChI is InChI=1S/C23H26Br6O2/c1-21(2,28)11-30-19-15(24)7-13(8-16(19)25)23(5,6)14-9-17(26)20(18(27)10-14)31-12-22(3,4)29/h7-10H,11-12H2,1-6H3. The normalized spacial score (nSPS) is 12.8. The van der Waals surface area contributed by atoms with Crippen molar-refractivity contribution in [3.8, 4) is 11.5 Å². The van der Waals surface area contributed by atoms with Crippen LogP contribution in [0.4, 0.5) is 0 Å². The molecule has 2 rings (SSSR count). The van der Waals surface area contributed by atoms with Gasteiger partial charge in [-0.15, -0.1) is 0 Å². The molecule has 0 amide bonds. The molecule has 0 fully saturated rings. The third kappa shape index (κ3) is 7.98. The molecule has 0 atom stereocenters. The maximum atomic E-state index is 6.04. The van der Waals surface area contributed by atoms with Crippen molar-refractivity contribution in [1.82, 2.24) is 0 Å². The second-order valence-electron chi connectivity index (χ2n) is 9.18. The van der Waals surface area contributed by atoms with Crippen LogP contribution < -0.4 is 9.47 Å². The van der Waals surface area contributed by atoms with Gasteiger partial charge in [0.15, 0.2) is 0 Å². The van der Waals surface area contributed by atoms with Crippen molar-refractivity contribution >= 4 is 95.6 Å². The summed E-state index contributed by atoms with van der Waals surface area (Å²) in [4.78, 5) is 0. The largest absolute Gasteiger partial charge is 0.490 e. The van der Waals surface area contributed by atoms with E-state index in [9.17, 15) is 0 Å². The van der Waals surface area contributed by atoms with Gasteiger partial charge in [0, 0.05) is 5.41 Å². The van der Waals surface area contributed by atoms with Crippen LogP contribution in [0.1, 0.15) is 52.7 Å². The fourth-order valence-electron chi connectivity index (χ4n) is 2.77. The number of hydrogen-bond donors (Lipinski definition) is 0. The highest BCUT2D eigenvalue weighted by Crippen LogP contribution is 2.44. The van der Waals surface area contributed by atoms with E-state index < -0.39 is 0 Å². The summed E-state index contributed by atoms with van der Waals surface area (Å²) < 4.78 is 15.5. The molecule has 8 heteroatoms. The highest BCUT2D eigenvalue weighted by Gasteiger charge is 2.28. The van der Waals surface area contributed by atoms with Crippen molar-refractivity contribution in [2.24, 2.45) is 0 Å². The molecule has 0 aliphatic rings. The Morgan fingerprint density at radius 3 is 1.06 bits per heavy atom. The van der Waals surface area contributed by atoms with E-state index in [1.165, 1.54) is 0 Å². The molecular weight excluding hydrogens is 788 g/mol. The lowest BCUT2D eigenvalue weighted by atomic mass is 9.78. The second kappa shape index (κ2) is 10.7. The first kappa shape index (κ1) is 28.2. The minimum atomic E-state index is -0.253. The van der Waals surface area contributed by atoms with Crippen LogP contribution in [-0.4, -0.2) is 21.9 Å². The molecule has 0 radical (unpaired) electrons. The van der Waals surface area contributed by atoms with Gasteiger partial charge in [0.2, 0.25) is 0 Å². The first-order valence-corrected chi connectivity index (χ1v) is 14.4. The Morgan fingerprint density at radius 2 is 0.839 bits per heavy atom. The van der Waals surface area contributed by atoms with E-state index in [1.54, 1.807) is 0 Å². The van der Waals surface area contributed by atoms with Crippen LogP contribution in [0.2, 0.25) is 0 Å². The summed E-state index contributed by atoms with van der Waals surface area (Å²) in [6.45, 7) is 13.8. The molecule has 0 aliphatic carbocycles. The number of halogens is 6. The highest BCUT2D eigenvalue weighted by molar-refractivity contribution is 9.11. The quantitative estimate of drug-likeness (QED) is 0.247. The van der Waals surface area contributed by atoms with Crippen LogP contribution in [0, 0.1) is 0 Å². The fraction of sp³-hybridized carbons (Fsp3) is 0.478. The van der Waals surface area contributed by atoms with Crippen molar-refractivity contribution < 1.29 is 9.47 Å².